The van der Waals surface area contributed by atoms with Gasteiger partial charge in [0.1, 0.15) is 0 Å². The van der Waals surface area contributed by atoms with Crippen LogP contribution >= 0.6 is 0 Å². The van der Waals surface area contributed by atoms with Gasteiger partial charge in [-0.2, -0.15) is 0 Å². The van der Waals surface area contributed by atoms with E-state index in [1.165, 1.54) is 0 Å². The van der Waals surface area contributed by atoms with E-state index in [1.807, 2.05) is 0 Å². The predicted octanol–water partition coefficient (Wildman–Crippen LogP) is 2.48. The minimum atomic E-state index is -0.648. The summed E-state index contributed by atoms with van der Waals surface area (Å²) >= 11 is 0. The van der Waals surface area contributed by atoms with Gasteiger partial charge in [0, 0.05) is 0 Å². The van der Waals surface area contributed by atoms with Crippen molar-refractivity contribution in [3.8, 4) is 0 Å². The Morgan fingerprint density at radius 2 is 2.00 bits per heavy atom. The van der Waals surface area contributed by atoms with Crippen molar-refractivity contribution in [3.05, 3.63) is 12.2 Å². The van der Waals surface area contributed by atoms with Crippen molar-refractivity contribution in [2.45, 2.75) is 52.4 Å². The fraction of sp³-hybridized carbons (Fsp3) is 0.800. The summed E-state index contributed by atoms with van der Waals surface area (Å²) in [4.78, 5) is 0. The highest BCUT2D eigenvalue weighted by molar-refractivity contribution is 4.83. The highest BCUT2D eigenvalue weighted by atomic mass is 16.6. The number of rotatable bonds is 6. The molecule has 1 N–H and O–H groups in total. The second-order valence-electron chi connectivity index (χ2n) is 2.88. The van der Waals surface area contributed by atoms with Gasteiger partial charge in [-0.1, -0.05) is 26.0 Å². The van der Waals surface area contributed by atoms with Gasteiger partial charge < -0.3 is 9.84 Å². The predicted molar refractivity (Wildman–Crippen MR) is 50.9 cm³/mol. The highest BCUT2D eigenvalue weighted by Gasteiger charge is 2.06. The second kappa shape index (κ2) is 7.32. The zero-order valence-electron chi connectivity index (χ0n) is 8.29. The van der Waals surface area contributed by atoms with Gasteiger partial charge in [-0.25, -0.2) is 0 Å². The van der Waals surface area contributed by atoms with Crippen molar-refractivity contribution in [2.24, 2.45) is 0 Å². The molecule has 0 radical (unpaired) electrons. The fourth-order valence-electron chi connectivity index (χ4n) is 1.01. The molecule has 0 bridgehead atoms. The first-order chi connectivity index (χ1) is 5.70. The Morgan fingerprint density at radius 1 is 1.33 bits per heavy atom. The number of hydrogen-bond donors (Lipinski definition) is 1. The topological polar surface area (TPSA) is 29.5 Å². The Kier molecular flexibility index (Phi) is 7.11. The van der Waals surface area contributed by atoms with Crippen LogP contribution in [0.1, 0.15) is 40.0 Å². The van der Waals surface area contributed by atoms with Gasteiger partial charge in [0.15, 0.2) is 6.29 Å². The van der Waals surface area contributed by atoms with Gasteiger partial charge in [-0.3, -0.25) is 0 Å². The van der Waals surface area contributed by atoms with Crippen LogP contribution in [0.3, 0.4) is 0 Å². The molecule has 0 aromatic carbocycles. The second-order valence-corrected chi connectivity index (χ2v) is 2.88. The van der Waals surface area contributed by atoms with Crippen molar-refractivity contribution in [1.29, 1.82) is 0 Å². The van der Waals surface area contributed by atoms with Crippen LogP contribution in [0.25, 0.3) is 0 Å². The minimum absolute atomic E-state index is 0.160. The van der Waals surface area contributed by atoms with Crippen LogP contribution < -0.4 is 0 Å². The maximum atomic E-state index is 8.96. The van der Waals surface area contributed by atoms with Crippen LogP contribution in [0.5, 0.6) is 0 Å². The van der Waals surface area contributed by atoms with Crippen LogP contribution in [0.2, 0.25) is 0 Å². The van der Waals surface area contributed by atoms with Crippen molar-refractivity contribution >= 4 is 0 Å². The SMILES string of the molecule is CC/C=C\CC(CC)OC(C)O. The average Bonchev–Trinajstić information content (AvgIpc) is 2.02. The summed E-state index contributed by atoms with van der Waals surface area (Å²) < 4.78 is 5.25. The van der Waals surface area contributed by atoms with E-state index >= 15 is 0 Å². The zero-order chi connectivity index (χ0) is 9.40. The molecule has 0 saturated heterocycles. The van der Waals surface area contributed by atoms with Gasteiger partial charge in [0.25, 0.3) is 0 Å². The third kappa shape index (κ3) is 6.38. The molecule has 2 nitrogen and oxygen atoms in total. The third-order valence-electron chi connectivity index (χ3n) is 1.65. The lowest BCUT2D eigenvalue weighted by atomic mass is 10.2. The van der Waals surface area contributed by atoms with Crippen LogP contribution in [0, 0.1) is 0 Å². The summed E-state index contributed by atoms with van der Waals surface area (Å²) in [5, 5.41) is 8.96. The number of aliphatic hydroxyl groups is 1. The molecule has 72 valence electrons. The van der Waals surface area contributed by atoms with E-state index in [0.29, 0.717) is 0 Å². The van der Waals surface area contributed by atoms with E-state index in [4.69, 9.17) is 9.84 Å². The lowest BCUT2D eigenvalue weighted by Gasteiger charge is -2.15. The fourth-order valence-corrected chi connectivity index (χ4v) is 1.01. The van der Waals surface area contributed by atoms with Gasteiger partial charge >= 0.3 is 0 Å². The zero-order valence-corrected chi connectivity index (χ0v) is 8.29. The van der Waals surface area contributed by atoms with Gasteiger partial charge in [0.05, 0.1) is 6.10 Å². The van der Waals surface area contributed by atoms with E-state index in [0.717, 1.165) is 19.3 Å². The molecule has 0 rings (SSSR count). The van der Waals surface area contributed by atoms with Crippen molar-refractivity contribution in [1.82, 2.24) is 0 Å². The largest absolute Gasteiger partial charge is 0.368 e. The van der Waals surface area contributed by atoms with E-state index < -0.39 is 6.29 Å². The van der Waals surface area contributed by atoms with Crippen LogP contribution in [-0.4, -0.2) is 17.5 Å². The summed E-state index contributed by atoms with van der Waals surface area (Å²) in [5.74, 6) is 0. The first-order valence-electron chi connectivity index (χ1n) is 4.69. The molecule has 12 heavy (non-hydrogen) atoms. The molecule has 2 atom stereocenters. The Balaban J connectivity index is 3.60. The highest BCUT2D eigenvalue weighted by Crippen LogP contribution is 2.06. The van der Waals surface area contributed by atoms with E-state index in [-0.39, 0.29) is 6.10 Å². The first-order valence-corrected chi connectivity index (χ1v) is 4.69. The van der Waals surface area contributed by atoms with Crippen molar-refractivity contribution in [3.63, 3.8) is 0 Å². The normalized spacial score (nSPS) is 16.7. The summed E-state index contributed by atoms with van der Waals surface area (Å²) in [6, 6.07) is 0. The standard InChI is InChI=1S/C10H20O2/c1-4-6-7-8-10(5-2)12-9(3)11/h6-7,9-11H,4-5,8H2,1-3H3/b7-6-. The summed E-state index contributed by atoms with van der Waals surface area (Å²) in [5.41, 5.74) is 0. The van der Waals surface area contributed by atoms with E-state index in [9.17, 15) is 0 Å². The van der Waals surface area contributed by atoms with Gasteiger partial charge in [-0.15, -0.1) is 0 Å². The molecular weight excluding hydrogens is 152 g/mol. The Labute approximate surface area is 75.2 Å². The lowest BCUT2D eigenvalue weighted by Crippen LogP contribution is -2.17. The average molecular weight is 172 g/mol. The van der Waals surface area contributed by atoms with E-state index in [1.54, 1.807) is 6.92 Å². The molecule has 0 saturated carbocycles. The molecule has 0 amide bonds. The molecule has 2 heteroatoms. The molecule has 0 aliphatic carbocycles. The molecule has 0 aliphatic rings. The Hall–Kier alpha value is -0.340. The quantitative estimate of drug-likeness (QED) is 0.492. The number of aliphatic hydroxyl groups excluding tert-OH is 1. The molecule has 0 aliphatic heterocycles. The summed E-state index contributed by atoms with van der Waals surface area (Å²) in [6.07, 6.45) is 6.64. The Bertz CT molecular complexity index is 119. The molecule has 0 spiro atoms. The van der Waals surface area contributed by atoms with Crippen molar-refractivity contribution < 1.29 is 9.84 Å². The maximum absolute atomic E-state index is 8.96. The lowest BCUT2D eigenvalue weighted by molar-refractivity contribution is -0.123. The molecule has 2 unspecified atom stereocenters. The summed E-state index contributed by atoms with van der Waals surface area (Å²) in [7, 11) is 0. The number of hydrogen-bond acceptors (Lipinski definition) is 2. The first kappa shape index (κ1) is 11.7. The molecule has 0 heterocycles. The summed E-state index contributed by atoms with van der Waals surface area (Å²) in [6.45, 7) is 5.81. The molecule has 0 aromatic heterocycles. The van der Waals surface area contributed by atoms with Gasteiger partial charge in [0.2, 0.25) is 0 Å². The molecular formula is C10H20O2. The third-order valence-corrected chi connectivity index (χ3v) is 1.65. The minimum Gasteiger partial charge on any atom is -0.368 e. The number of ether oxygens (including phenoxy) is 1. The van der Waals surface area contributed by atoms with Gasteiger partial charge in [-0.05, 0) is 26.2 Å². The monoisotopic (exact) mass is 172 g/mol. The van der Waals surface area contributed by atoms with Crippen LogP contribution in [0.15, 0.2) is 12.2 Å². The molecule has 0 aromatic rings. The maximum Gasteiger partial charge on any atom is 0.152 e. The van der Waals surface area contributed by atoms with Crippen LogP contribution in [-0.2, 0) is 4.74 Å². The van der Waals surface area contributed by atoms with Crippen molar-refractivity contribution in [2.75, 3.05) is 0 Å². The smallest absolute Gasteiger partial charge is 0.152 e. The van der Waals surface area contributed by atoms with Crippen LogP contribution in [0.4, 0.5) is 0 Å². The Morgan fingerprint density at radius 3 is 2.42 bits per heavy atom. The number of allylic oxidation sites excluding steroid dienone is 1. The molecule has 0 fully saturated rings. The van der Waals surface area contributed by atoms with E-state index in [2.05, 4.69) is 26.0 Å².